The molecule has 103 heavy (non-hydrogen) atoms. The first-order valence-corrected chi connectivity index (χ1v) is 35.5. The molecule has 0 atom stereocenters. The smallest absolute Gasteiger partial charge is 0.237 e. The van der Waals surface area contributed by atoms with Gasteiger partial charge in [0.05, 0.1) is 55.5 Å². The predicted molar refractivity (Wildman–Crippen MR) is 427 cm³/mol. The van der Waals surface area contributed by atoms with Crippen molar-refractivity contribution in [3.05, 3.63) is 334 Å². The molecule has 9 heterocycles. The Morgan fingerprint density at radius 3 is 1.12 bits per heavy atom. The van der Waals surface area contributed by atoms with Crippen LogP contribution in [-0.2, 0) is 0 Å². The van der Waals surface area contributed by atoms with Crippen molar-refractivity contribution >= 4 is 163 Å². The van der Waals surface area contributed by atoms with E-state index in [-0.39, 0.29) is 0 Å². The van der Waals surface area contributed by atoms with Crippen LogP contribution in [0.15, 0.2) is 342 Å². The fraction of sp³-hybridized carbons (Fsp3) is 0. The molecule has 23 aromatic rings. The van der Waals surface area contributed by atoms with Crippen LogP contribution in [0.3, 0.4) is 0 Å². The average molecular weight is 1330 g/mol. The van der Waals surface area contributed by atoms with E-state index in [9.17, 15) is 0 Å². The fourth-order valence-corrected chi connectivity index (χ4v) is 17.6. The normalized spacial score (nSPS) is 12.1. The van der Waals surface area contributed by atoms with Crippen LogP contribution in [0.4, 0.5) is 0 Å². The molecule has 9 aromatic heterocycles. The van der Waals surface area contributed by atoms with E-state index >= 15 is 0 Å². The molecule has 0 radical (unpaired) electrons. The third kappa shape index (κ3) is 8.81. The van der Waals surface area contributed by atoms with E-state index in [0.717, 1.165) is 128 Å². The summed E-state index contributed by atoms with van der Waals surface area (Å²) in [5, 5.41) is 16.5. The quantitative estimate of drug-likeness (QED) is 0.159. The Kier molecular flexibility index (Phi) is 12.5. The van der Waals surface area contributed by atoms with Crippen LogP contribution in [0.2, 0.25) is 0 Å². The predicted octanol–water partition coefficient (Wildman–Crippen LogP) is 25.1. The van der Waals surface area contributed by atoms with Gasteiger partial charge in [-0.3, -0.25) is 13.7 Å². The van der Waals surface area contributed by atoms with Crippen LogP contribution in [0.5, 0.6) is 0 Å². The zero-order valence-corrected chi connectivity index (χ0v) is 55.9. The Hall–Kier alpha value is -13.7. The van der Waals surface area contributed by atoms with Crippen molar-refractivity contribution < 1.29 is 8.83 Å². The molecule has 0 unspecified atom stereocenters. The molecule has 0 saturated carbocycles. The van der Waals surface area contributed by atoms with E-state index in [1.807, 2.05) is 11.3 Å². The van der Waals surface area contributed by atoms with Crippen LogP contribution >= 0.6 is 11.3 Å². The van der Waals surface area contributed by atoms with Gasteiger partial charge in [0.2, 0.25) is 5.95 Å². The number of pyridine rings is 1. The van der Waals surface area contributed by atoms with Gasteiger partial charge in [0.25, 0.3) is 0 Å². The van der Waals surface area contributed by atoms with Crippen molar-refractivity contribution in [3.8, 4) is 56.9 Å². The van der Waals surface area contributed by atoms with Gasteiger partial charge in [-0.25, -0.2) is 9.97 Å². The second-order valence-electron chi connectivity index (χ2n) is 26.6. The summed E-state index contributed by atoms with van der Waals surface area (Å²) in [4.78, 5) is 16.1. The van der Waals surface area contributed by atoms with Crippen LogP contribution < -0.4 is 0 Å². The Morgan fingerprint density at radius 2 is 0.612 bits per heavy atom. The second-order valence-corrected chi connectivity index (χ2v) is 27.6. The molecule has 14 aromatic carbocycles. The van der Waals surface area contributed by atoms with E-state index in [1.165, 1.54) is 74.6 Å². The molecule has 23 rings (SSSR count). The summed E-state index contributed by atoms with van der Waals surface area (Å²) in [6, 6.07) is 118. The summed E-state index contributed by atoms with van der Waals surface area (Å²) in [6.07, 6.45) is 0. The minimum atomic E-state index is 0.609. The van der Waals surface area contributed by atoms with Crippen LogP contribution in [-0.4, -0.2) is 33.2 Å². The fourth-order valence-electron chi connectivity index (χ4n) is 16.3. The standard InChI is InChI=1S/C52H31N5O.C41H24N2OS/c1-7-19-43-34(13-1)35-14-2-8-20-44(35)55(43)33-26-28-50-41(30-33)40-29-32(25-27-49(40)58-50)42-31-51(56-45-21-9-3-15-36(45)37-16-4-10-22-46(37)56)54-52(53-42)57-47-23-11-5-17-38(47)39-18-6-12-24-48(39)57;1-4-15-35-28(9-1)29-10-2-5-16-36(29)43(35)40-18-8-14-34(42-40)26-20-22-38-33(24-26)32-23-25(19-21-37(32)44-38)27-12-7-13-31-30-11-3-6-17-39(30)45-41(27)31/h1-31H;1-24H. The van der Waals surface area contributed by atoms with Crippen molar-refractivity contribution in [2.24, 2.45) is 0 Å². The highest BCUT2D eigenvalue weighted by atomic mass is 32.1. The lowest BCUT2D eigenvalue weighted by Gasteiger charge is -2.13. The lowest BCUT2D eigenvalue weighted by molar-refractivity contribution is 0.668. The van der Waals surface area contributed by atoms with Crippen LogP contribution in [0.25, 0.3) is 208 Å². The summed E-state index contributed by atoms with van der Waals surface area (Å²) >= 11 is 1.86. The van der Waals surface area contributed by atoms with Gasteiger partial charge >= 0.3 is 0 Å². The van der Waals surface area contributed by atoms with Crippen molar-refractivity contribution in [3.63, 3.8) is 0 Å². The molecule has 10 heteroatoms. The van der Waals surface area contributed by atoms with Crippen molar-refractivity contribution in [2.75, 3.05) is 0 Å². The highest BCUT2D eigenvalue weighted by molar-refractivity contribution is 7.26. The molecule has 9 nitrogen and oxygen atoms in total. The summed E-state index contributed by atoms with van der Waals surface area (Å²) in [7, 11) is 0. The van der Waals surface area contributed by atoms with Crippen LogP contribution in [0.1, 0.15) is 0 Å². The number of furan rings is 2. The van der Waals surface area contributed by atoms with Gasteiger partial charge < -0.3 is 13.4 Å². The first kappa shape index (κ1) is 57.3. The number of rotatable bonds is 7. The summed E-state index contributed by atoms with van der Waals surface area (Å²) in [6.45, 7) is 0. The Balaban J connectivity index is 0.000000134. The molecule has 0 aliphatic rings. The largest absolute Gasteiger partial charge is 0.456 e. The van der Waals surface area contributed by atoms with Crippen LogP contribution in [0, 0.1) is 0 Å². The Bertz CT molecular complexity index is 7130. The van der Waals surface area contributed by atoms with Crippen molar-refractivity contribution in [1.82, 2.24) is 33.2 Å². The molecule has 480 valence electrons. The third-order valence-corrected chi connectivity index (χ3v) is 22.1. The molecule has 0 aliphatic carbocycles. The van der Waals surface area contributed by atoms with Gasteiger partial charge in [-0.05, 0) is 145 Å². The first-order valence-electron chi connectivity index (χ1n) is 34.7. The zero-order chi connectivity index (χ0) is 67.4. The van der Waals surface area contributed by atoms with Gasteiger partial charge in [0.15, 0.2) is 0 Å². The number of benzene rings is 14. The van der Waals surface area contributed by atoms with E-state index in [2.05, 4.69) is 352 Å². The van der Waals surface area contributed by atoms with Gasteiger partial charge in [-0.2, -0.15) is 4.98 Å². The molecule has 0 fully saturated rings. The molecule has 0 bridgehead atoms. The minimum Gasteiger partial charge on any atom is -0.456 e. The molecule has 0 aliphatic heterocycles. The summed E-state index contributed by atoms with van der Waals surface area (Å²) in [5.74, 6) is 2.31. The van der Waals surface area contributed by atoms with Gasteiger partial charge in [0, 0.05) is 108 Å². The molecular formula is C93H55N7O2S. The highest BCUT2D eigenvalue weighted by Gasteiger charge is 2.23. The minimum absolute atomic E-state index is 0.609. The maximum Gasteiger partial charge on any atom is 0.237 e. The van der Waals surface area contributed by atoms with Crippen molar-refractivity contribution in [2.45, 2.75) is 0 Å². The molecule has 0 saturated heterocycles. The maximum absolute atomic E-state index is 6.50. The zero-order valence-electron chi connectivity index (χ0n) is 55.1. The van der Waals surface area contributed by atoms with E-state index < -0.39 is 0 Å². The number of thiophene rings is 1. The van der Waals surface area contributed by atoms with E-state index in [1.54, 1.807) is 0 Å². The van der Waals surface area contributed by atoms with Gasteiger partial charge in [0.1, 0.15) is 34.0 Å². The highest BCUT2D eigenvalue weighted by Crippen LogP contribution is 2.44. The van der Waals surface area contributed by atoms with Gasteiger partial charge in [-0.1, -0.05) is 194 Å². The first-order chi connectivity index (χ1) is 51.1. The van der Waals surface area contributed by atoms with E-state index in [0.29, 0.717) is 5.95 Å². The van der Waals surface area contributed by atoms with E-state index in [4.69, 9.17) is 23.8 Å². The summed E-state index contributed by atoms with van der Waals surface area (Å²) < 4.78 is 24.6. The topological polar surface area (TPSA) is 84.7 Å². The van der Waals surface area contributed by atoms with Gasteiger partial charge in [-0.15, -0.1) is 11.3 Å². The number of para-hydroxylation sites is 8. The second kappa shape index (κ2) is 22.4. The summed E-state index contributed by atoms with van der Waals surface area (Å²) in [5.41, 5.74) is 19.7. The molecule has 0 spiro atoms. The number of nitrogens with zero attached hydrogens (tertiary/aromatic N) is 7. The maximum atomic E-state index is 6.50. The monoisotopic (exact) mass is 1330 g/mol. The lowest BCUT2D eigenvalue weighted by Crippen LogP contribution is -2.07. The van der Waals surface area contributed by atoms with Crippen molar-refractivity contribution in [1.29, 1.82) is 0 Å². The lowest BCUT2D eigenvalue weighted by atomic mass is 10.00. The number of fused-ring (bicyclic) bond motifs is 21. The number of hydrogen-bond acceptors (Lipinski definition) is 6. The average Bonchev–Trinajstić information content (AvgIpc) is 1.60. The molecule has 0 N–H and O–H groups in total. The molecule has 0 amide bonds. The third-order valence-electron chi connectivity index (χ3n) is 20.9. The Morgan fingerprint density at radius 1 is 0.233 bits per heavy atom. The SMILES string of the molecule is c1cc(-c2ccc3oc4ccc(-c5cccc6c5sc5ccccc56)cc4c3c2)nc(-n2c3ccccc3c3ccccc32)c1.c1ccc2c(c1)c1ccccc1n2-c1ccc2oc3ccc(-c4cc(-n5c6ccccc6c6ccccc65)nc(-n5c6ccccc6c6ccccc65)n4)cc3c2c1. The number of hydrogen-bond donors (Lipinski definition) is 0. The number of aromatic nitrogens is 7. The Labute approximate surface area is 591 Å². The molecular weight excluding hydrogens is 1280 g/mol.